The molecule has 0 atom stereocenters. The van der Waals surface area contributed by atoms with Gasteiger partial charge in [0, 0.05) is 65.8 Å². The molecule has 1 aromatic rings. The molecule has 0 aliphatic carbocycles. The minimum Gasteiger partial charge on any atom is -0.385 e. The van der Waals surface area contributed by atoms with Crippen LogP contribution < -0.4 is 10.6 Å². The van der Waals surface area contributed by atoms with Gasteiger partial charge in [0.1, 0.15) is 0 Å². The SMILES string of the molecule is CN=C(NCCN(C)CCCOC)NCc1cn(C)nc1C(F)(F)F.I. The van der Waals surface area contributed by atoms with Gasteiger partial charge in [-0.1, -0.05) is 0 Å². The maximum atomic E-state index is 12.9. The molecule has 26 heavy (non-hydrogen) atoms. The number of aryl methyl sites for hydroxylation is 1. The van der Waals surface area contributed by atoms with Crippen molar-refractivity contribution in [1.82, 2.24) is 25.3 Å². The fourth-order valence-electron chi connectivity index (χ4n) is 2.26. The van der Waals surface area contributed by atoms with E-state index < -0.39 is 11.9 Å². The van der Waals surface area contributed by atoms with Gasteiger partial charge in [-0.05, 0) is 13.5 Å². The summed E-state index contributed by atoms with van der Waals surface area (Å²) in [6, 6.07) is 0. The Morgan fingerprint density at radius 3 is 2.62 bits per heavy atom. The number of aliphatic imine (C=N–C) groups is 1. The standard InChI is InChI=1S/C15H27F3N6O.HI/c1-19-14(20-6-8-23(2)7-5-9-25-4)21-10-12-11-24(3)22-13(12)15(16,17)18;/h11H,5-10H2,1-4H3,(H2,19,20,21);1H. The molecule has 0 unspecified atom stereocenters. The van der Waals surface area contributed by atoms with E-state index in [1.165, 1.54) is 13.2 Å². The third-order valence-corrected chi connectivity index (χ3v) is 3.52. The van der Waals surface area contributed by atoms with Gasteiger partial charge in [-0.3, -0.25) is 9.67 Å². The van der Waals surface area contributed by atoms with Gasteiger partial charge in [0.05, 0.1) is 0 Å². The van der Waals surface area contributed by atoms with Crippen molar-refractivity contribution >= 4 is 29.9 Å². The minimum absolute atomic E-state index is 0. The number of alkyl halides is 3. The predicted octanol–water partition coefficient (Wildman–Crippen LogP) is 1.69. The van der Waals surface area contributed by atoms with Gasteiger partial charge in [0.2, 0.25) is 0 Å². The molecule has 0 aromatic carbocycles. The molecule has 0 saturated heterocycles. The molecule has 0 aliphatic heterocycles. The molecule has 1 rings (SSSR count). The second-order valence-electron chi connectivity index (χ2n) is 5.68. The van der Waals surface area contributed by atoms with Crippen LogP contribution in [0.5, 0.6) is 0 Å². The quantitative estimate of drug-likeness (QED) is 0.238. The summed E-state index contributed by atoms with van der Waals surface area (Å²) in [6.07, 6.45) is -2.17. The summed E-state index contributed by atoms with van der Waals surface area (Å²) in [6.45, 7) is 3.03. The molecule has 0 radical (unpaired) electrons. The van der Waals surface area contributed by atoms with Crippen molar-refractivity contribution in [3.05, 3.63) is 17.5 Å². The van der Waals surface area contributed by atoms with E-state index in [1.807, 2.05) is 7.05 Å². The first-order valence-electron chi connectivity index (χ1n) is 7.99. The average Bonchev–Trinajstić information content (AvgIpc) is 2.92. The van der Waals surface area contributed by atoms with Crippen molar-refractivity contribution in [2.24, 2.45) is 12.0 Å². The Morgan fingerprint density at radius 2 is 2.04 bits per heavy atom. The van der Waals surface area contributed by atoms with Crippen molar-refractivity contribution < 1.29 is 17.9 Å². The van der Waals surface area contributed by atoms with Crippen LogP contribution in [0.15, 0.2) is 11.2 Å². The third-order valence-electron chi connectivity index (χ3n) is 3.52. The van der Waals surface area contributed by atoms with Crippen molar-refractivity contribution in [1.29, 1.82) is 0 Å². The van der Waals surface area contributed by atoms with Crippen LogP contribution in [0, 0.1) is 0 Å². The summed E-state index contributed by atoms with van der Waals surface area (Å²) in [5.74, 6) is 0.447. The Kier molecular flexibility index (Phi) is 11.8. The number of halogens is 4. The Hall–Kier alpha value is -1.08. The number of hydrogen-bond acceptors (Lipinski definition) is 4. The van der Waals surface area contributed by atoms with Crippen LogP contribution in [0.25, 0.3) is 0 Å². The zero-order valence-electron chi connectivity index (χ0n) is 15.6. The van der Waals surface area contributed by atoms with Crippen LogP contribution in [0.2, 0.25) is 0 Å². The molecule has 1 aromatic heterocycles. The molecule has 0 bridgehead atoms. The summed E-state index contributed by atoms with van der Waals surface area (Å²) in [7, 11) is 6.71. The van der Waals surface area contributed by atoms with E-state index in [1.54, 1.807) is 14.2 Å². The fraction of sp³-hybridized carbons (Fsp3) is 0.733. The molecule has 2 N–H and O–H groups in total. The lowest BCUT2D eigenvalue weighted by Gasteiger charge is -2.18. The third kappa shape index (κ3) is 9.03. The first-order chi connectivity index (χ1) is 11.8. The number of guanidine groups is 1. The Balaban J connectivity index is 0.00000625. The summed E-state index contributed by atoms with van der Waals surface area (Å²) < 4.78 is 44.9. The topological polar surface area (TPSA) is 66.7 Å². The number of nitrogens with zero attached hydrogens (tertiary/aromatic N) is 4. The normalized spacial score (nSPS) is 12.2. The van der Waals surface area contributed by atoms with Crippen LogP contribution in [0.3, 0.4) is 0 Å². The largest absolute Gasteiger partial charge is 0.435 e. The van der Waals surface area contributed by atoms with Gasteiger partial charge < -0.3 is 20.3 Å². The Labute approximate surface area is 169 Å². The molecular formula is C15H28F3IN6O. The number of hydrogen-bond donors (Lipinski definition) is 2. The van der Waals surface area contributed by atoms with Gasteiger partial charge in [0.15, 0.2) is 11.7 Å². The van der Waals surface area contributed by atoms with E-state index in [-0.39, 0.29) is 36.1 Å². The smallest absolute Gasteiger partial charge is 0.385 e. The van der Waals surface area contributed by atoms with Crippen LogP contribution in [-0.4, -0.2) is 68.1 Å². The van der Waals surface area contributed by atoms with Gasteiger partial charge >= 0.3 is 6.18 Å². The molecule has 7 nitrogen and oxygen atoms in total. The van der Waals surface area contributed by atoms with Crippen molar-refractivity contribution in [2.45, 2.75) is 19.1 Å². The molecule has 152 valence electrons. The number of aromatic nitrogens is 2. The first-order valence-corrected chi connectivity index (χ1v) is 7.99. The zero-order valence-corrected chi connectivity index (χ0v) is 17.9. The van der Waals surface area contributed by atoms with E-state index in [2.05, 4.69) is 25.6 Å². The lowest BCUT2D eigenvalue weighted by Crippen LogP contribution is -2.41. The summed E-state index contributed by atoms with van der Waals surface area (Å²) >= 11 is 0. The zero-order chi connectivity index (χ0) is 18.9. The number of nitrogens with one attached hydrogen (secondary N) is 2. The van der Waals surface area contributed by atoms with Crippen LogP contribution in [0.4, 0.5) is 13.2 Å². The van der Waals surface area contributed by atoms with Gasteiger partial charge in [-0.25, -0.2) is 0 Å². The van der Waals surface area contributed by atoms with Crippen molar-refractivity contribution in [3.63, 3.8) is 0 Å². The van der Waals surface area contributed by atoms with Crippen molar-refractivity contribution in [2.75, 3.05) is 47.4 Å². The predicted molar refractivity (Wildman–Crippen MR) is 106 cm³/mol. The monoisotopic (exact) mass is 492 g/mol. The van der Waals surface area contributed by atoms with E-state index >= 15 is 0 Å². The van der Waals surface area contributed by atoms with E-state index in [0.29, 0.717) is 19.1 Å². The number of ether oxygens (including phenoxy) is 1. The maximum Gasteiger partial charge on any atom is 0.435 e. The second kappa shape index (κ2) is 12.3. The Bertz CT molecular complexity index is 550. The lowest BCUT2D eigenvalue weighted by atomic mass is 10.2. The summed E-state index contributed by atoms with van der Waals surface area (Å²) in [5, 5.41) is 9.45. The Morgan fingerprint density at radius 1 is 1.35 bits per heavy atom. The number of likely N-dealkylation sites (N-methyl/N-ethyl adjacent to an activating group) is 1. The fourth-order valence-corrected chi connectivity index (χ4v) is 2.26. The summed E-state index contributed by atoms with van der Waals surface area (Å²) in [4.78, 5) is 6.16. The van der Waals surface area contributed by atoms with E-state index in [0.717, 1.165) is 24.2 Å². The molecule has 0 fully saturated rings. The van der Waals surface area contributed by atoms with Crippen LogP contribution in [-0.2, 0) is 24.5 Å². The highest BCUT2D eigenvalue weighted by Crippen LogP contribution is 2.30. The molecule has 0 aliphatic rings. The van der Waals surface area contributed by atoms with Gasteiger partial charge in [-0.15, -0.1) is 24.0 Å². The van der Waals surface area contributed by atoms with Crippen molar-refractivity contribution in [3.8, 4) is 0 Å². The first kappa shape index (κ1) is 24.9. The van der Waals surface area contributed by atoms with Crippen LogP contribution in [0.1, 0.15) is 17.7 Å². The number of rotatable bonds is 9. The highest BCUT2D eigenvalue weighted by molar-refractivity contribution is 14.0. The average molecular weight is 492 g/mol. The molecule has 0 spiro atoms. The molecule has 11 heteroatoms. The molecule has 1 heterocycles. The van der Waals surface area contributed by atoms with Crippen LogP contribution >= 0.6 is 24.0 Å². The lowest BCUT2D eigenvalue weighted by molar-refractivity contribution is -0.142. The molecular weight excluding hydrogens is 464 g/mol. The molecule has 0 amide bonds. The molecule has 0 saturated carbocycles. The number of methoxy groups -OCH3 is 1. The van der Waals surface area contributed by atoms with E-state index in [4.69, 9.17) is 4.74 Å². The second-order valence-corrected chi connectivity index (χ2v) is 5.68. The van der Waals surface area contributed by atoms with E-state index in [9.17, 15) is 13.2 Å². The highest BCUT2D eigenvalue weighted by atomic mass is 127. The van der Waals surface area contributed by atoms with Gasteiger partial charge in [-0.2, -0.15) is 18.3 Å². The maximum absolute atomic E-state index is 12.9. The summed E-state index contributed by atoms with van der Waals surface area (Å²) in [5.41, 5.74) is -0.800. The minimum atomic E-state index is -4.47. The van der Waals surface area contributed by atoms with Gasteiger partial charge in [0.25, 0.3) is 0 Å². The highest BCUT2D eigenvalue weighted by Gasteiger charge is 2.36.